The molecule has 0 aromatic heterocycles. The second-order valence-corrected chi connectivity index (χ2v) is 6.74. The summed E-state index contributed by atoms with van der Waals surface area (Å²) in [7, 11) is -3.39. The van der Waals surface area contributed by atoms with E-state index in [-0.39, 0.29) is 0 Å². The molecule has 5 nitrogen and oxygen atoms in total. The molecule has 0 aliphatic carbocycles. The summed E-state index contributed by atoms with van der Waals surface area (Å²) in [6, 6.07) is 5.59. The predicted molar refractivity (Wildman–Crippen MR) is 71.4 cm³/mol. The fourth-order valence-electron chi connectivity index (χ4n) is 2.65. The van der Waals surface area contributed by atoms with Gasteiger partial charge < -0.3 is 10.1 Å². The van der Waals surface area contributed by atoms with Crippen LogP contribution in [-0.4, -0.2) is 45.6 Å². The first-order valence-corrected chi connectivity index (χ1v) is 8.03. The molecule has 6 heteroatoms. The van der Waals surface area contributed by atoms with Gasteiger partial charge in [-0.3, -0.25) is 0 Å². The molecule has 2 aliphatic rings. The summed E-state index contributed by atoms with van der Waals surface area (Å²) in [5, 5.41) is 3.25. The molecule has 0 unspecified atom stereocenters. The van der Waals surface area contributed by atoms with Crippen molar-refractivity contribution in [1.82, 2.24) is 9.62 Å². The summed E-state index contributed by atoms with van der Waals surface area (Å²) in [5.74, 6) is 0. The van der Waals surface area contributed by atoms with Crippen LogP contribution in [0.2, 0.25) is 0 Å². The molecular formula is C13H18N2O3S. The third-order valence-electron chi connectivity index (χ3n) is 3.69. The van der Waals surface area contributed by atoms with Crippen molar-refractivity contribution in [2.24, 2.45) is 0 Å². The number of nitrogens with one attached hydrogen (secondary N) is 1. The number of ether oxygens (including phenoxy) is 1. The summed E-state index contributed by atoms with van der Waals surface area (Å²) in [4.78, 5) is 0.458. The zero-order valence-electron chi connectivity index (χ0n) is 10.8. The molecule has 0 saturated carbocycles. The molecule has 0 atom stereocenters. The second kappa shape index (κ2) is 5.20. The predicted octanol–water partition coefficient (Wildman–Crippen LogP) is 0.353. The fourth-order valence-corrected chi connectivity index (χ4v) is 4.32. The van der Waals surface area contributed by atoms with Gasteiger partial charge in [-0.15, -0.1) is 0 Å². The minimum absolute atomic E-state index is 0.444. The van der Waals surface area contributed by atoms with E-state index in [0.29, 0.717) is 37.7 Å². The third-order valence-corrected chi connectivity index (χ3v) is 5.67. The number of benzene rings is 1. The van der Waals surface area contributed by atoms with Crippen molar-refractivity contribution in [2.75, 3.05) is 32.8 Å². The Morgan fingerprint density at radius 3 is 2.79 bits per heavy atom. The molecule has 2 aliphatic heterocycles. The van der Waals surface area contributed by atoms with Gasteiger partial charge in [-0.1, -0.05) is 12.1 Å². The van der Waals surface area contributed by atoms with Gasteiger partial charge in [-0.2, -0.15) is 4.31 Å². The standard InChI is InChI=1S/C13H18N2O3S/c16-19(17,15-6-8-18-9-7-15)13-3-1-2-11-4-5-14-10-12(11)13/h1-3,14H,4-10H2. The van der Waals surface area contributed by atoms with E-state index in [9.17, 15) is 8.42 Å². The molecule has 0 bridgehead atoms. The number of hydrogen-bond donors (Lipinski definition) is 1. The van der Waals surface area contributed by atoms with Gasteiger partial charge in [0.25, 0.3) is 0 Å². The van der Waals surface area contributed by atoms with Crippen molar-refractivity contribution < 1.29 is 13.2 Å². The van der Waals surface area contributed by atoms with Gasteiger partial charge in [0.05, 0.1) is 18.1 Å². The Hall–Kier alpha value is -0.950. The summed E-state index contributed by atoms with van der Waals surface area (Å²) in [5.41, 5.74) is 2.08. The molecule has 1 saturated heterocycles. The highest BCUT2D eigenvalue weighted by molar-refractivity contribution is 7.89. The first kappa shape index (κ1) is 13.1. The van der Waals surface area contributed by atoms with Gasteiger partial charge >= 0.3 is 0 Å². The van der Waals surface area contributed by atoms with Gasteiger partial charge in [0.15, 0.2) is 0 Å². The van der Waals surface area contributed by atoms with Crippen molar-refractivity contribution >= 4 is 10.0 Å². The molecule has 0 spiro atoms. The number of hydrogen-bond acceptors (Lipinski definition) is 4. The molecule has 3 rings (SSSR count). The molecule has 19 heavy (non-hydrogen) atoms. The highest BCUT2D eigenvalue weighted by atomic mass is 32.2. The van der Waals surface area contributed by atoms with Gasteiger partial charge in [-0.25, -0.2) is 8.42 Å². The highest BCUT2D eigenvalue weighted by Gasteiger charge is 2.29. The molecule has 104 valence electrons. The molecule has 1 fully saturated rings. The Kier molecular flexibility index (Phi) is 3.58. The van der Waals surface area contributed by atoms with Crippen LogP contribution in [0.5, 0.6) is 0 Å². The van der Waals surface area contributed by atoms with Crippen LogP contribution in [0.15, 0.2) is 23.1 Å². The third kappa shape index (κ3) is 2.41. The van der Waals surface area contributed by atoms with Crippen molar-refractivity contribution in [3.8, 4) is 0 Å². The Morgan fingerprint density at radius 1 is 1.21 bits per heavy atom. The lowest BCUT2D eigenvalue weighted by Gasteiger charge is -2.28. The smallest absolute Gasteiger partial charge is 0.243 e. The molecule has 2 heterocycles. The van der Waals surface area contributed by atoms with E-state index in [4.69, 9.17) is 4.74 Å². The largest absolute Gasteiger partial charge is 0.379 e. The zero-order valence-corrected chi connectivity index (χ0v) is 11.6. The Morgan fingerprint density at radius 2 is 2.00 bits per heavy atom. The molecule has 1 aromatic carbocycles. The van der Waals surface area contributed by atoms with Crippen molar-refractivity contribution in [3.05, 3.63) is 29.3 Å². The number of sulfonamides is 1. The van der Waals surface area contributed by atoms with Crippen molar-refractivity contribution in [3.63, 3.8) is 0 Å². The Balaban J connectivity index is 2.01. The monoisotopic (exact) mass is 282 g/mol. The van der Waals surface area contributed by atoms with Gasteiger partial charge in [0.1, 0.15) is 0 Å². The van der Waals surface area contributed by atoms with Gasteiger partial charge in [-0.05, 0) is 30.2 Å². The molecule has 0 radical (unpaired) electrons. The molecule has 1 N–H and O–H groups in total. The van der Waals surface area contributed by atoms with E-state index in [2.05, 4.69) is 5.32 Å². The maximum absolute atomic E-state index is 12.7. The maximum atomic E-state index is 12.7. The van der Waals surface area contributed by atoms with Crippen LogP contribution < -0.4 is 5.32 Å². The first-order chi connectivity index (χ1) is 9.19. The Labute approximate surface area is 113 Å². The zero-order chi connectivity index (χ0) is 13.3. The number of morpholine rings is 1. The van der Waals surface area contributed by atoms with Crippen LogP contribution in [0.4, 0.5) is 0 Å². The highest BCUT2D eigenvalue weighted by Crippen LogP contribution is 2.25. The van der Waals surface area contributed by atoms with E-state index in [1.165, 1.54) is 4.31 Å². The topological polar surface area (TPSA) is 58.6 Å². The summed E-state index contributed by atoms with van der Waals surface area (Å²) < 4.78 is 32.2. The Bertz CT molecular complexity index is 565. The molecular weight excluding hydrogens is 264 g/mol. The molecule has 0 amide bonds. The second-order valence-electron chi connectivity index (χ2n) is 4.84. The number of fused-ring (bicyclic) bond motifs is 1. The average Bonchev–Trinajstić information content (AvgIpc) is 2.47. The average molecular weight is 282 g/mol. The minimum Gasteiger partial charge on any atom is -0.379 e. The van der Waals surface area contributed by atoms with Crippen LogP contribution in [-0.2, 0) is 27.7 Å². The van der Waals surface area contributed by atoms with E-state index < -0.39 is 10.0 Å². The maximum Gasteiger partial charge on any atom is 0.243 e. The van der Waals surface area contributed by atoms with E-state index in [1.54, 1.807) is 6.07 Å². The van der Waals surface area contributed by atoms with Gasteiger partial charge in [0.2, 0.25) is 10.0 Å². The minimum atomic E-state index is -3.39. The normalized spacial score (nSPS) is 21.1. The van der Waals surface area contributed by atoms with E-state index in [0.717, 1.165) is 24.1 Å². The summed E-state index contributed by atoms with van der Waals surface area (Å²) in [6.45, 7) is 3.39. The van der Waals surface area contributed by atoms with Crippen LogP contribution in [0, 0.1) is 0 Å². The lowest BCUT2D eigenvalue weighted by molar-refractivity contribution is 0.0730. The van der Waals surface area contributed by atoms with E-state index in [1.807, 2.05) is 12.1 Å². The first-order valence-electron chi connectivity index (χ1n) is 6.59. The van der Waals surface area contributed by atoms with Gasteiger partial charge in [0, 0.05) is 19.6 Å². The molecule has 1 aromatic rings. The lowest BCUT2D eigenvalue weighted by atomic mass is 10.0. The van der Waals surface area contributed by atoms with Crippen molar-refractivity contribution in [1.29, 1.82) is 0 Å². The van der Waals surface area contributed by atoms with Crippen LogP contribution in [0.3, 0.4) is 0 Å². The SMILES string of the molecule is O=S(=O)(c1cccc2c1CNCC2)N1CCOCC1. The fraction of sp³-hybridized carbons (Fsp3) is 0.538. The van der Waals surface area contributed by atoms with E-state index >= 15 is 0 Å². The van der Waals surface area contributed by atoms with Crippen molar-refractivity contribution in [2.45, 2.75) is 17.9 Å². The van der Waals surface area contributed by atoms with Crippen LogP contribution in [0.1, 0.15) is 11.1 Å². The number of nitrogens with zero attached hydrogens (tertiary/aromatic N) is 1. The quantitative estimate of drug-likeness (QED) is 0.850. The lowest BCUT2D eigenvalue weighted by Crippen LogP contribution is -2.41. The van der Waals surface area contributed by atoms with Crippen LogP contribution >= 0.6 is 0 Å². The number of rotatable bonds is 2. The summed E-state index contributed by atoms with van der Waals surface area (Å²) >= 11 is 0. The summed E-state index contributed by atoms with van der Waals surface area (Å²) in [6.07, 6.45) is 0.891. The van der Waals surface area contributed by atoms with Crippen LogP contribution in [0.25, 0.3) is 0 Å².